The highest BCUT2D eigenvalue weighted by Gasteiger charge is 2.35. The molecule has 4 nitrogen and oxygen atoms in total. The Morgan fingerprint density at radius 1 is 0.828 bits per heavy atom. The van der Waals surface area contributed by atoms with Gasteiger partial charge in [-0.3, -0.25) is 4.79 Å². The molecular weight excluding hydrogens is 362 g/mol. The van der Waals surface area contributed by atoms with Gasteiger partial charge in [0.1, 0.15) is 12.1 Å². The molecule has 0 rings (SSSR count). The Morgan fingerprint density at radius 2 is 1.34 bits per heavy atom. The largest absolute Gasteiger partial charge is 0.481 e. The first-order chi connectivity index (χ1) is 13.7. The van der Waals surface area contributed by atoms with Crippen LogP contribution in [-0.2, 0) is 4.79 Å². The third-order valence-corrected chi connectivity index (χ3v) is 5.09. The highest BCUT2D eigenvalue weighted by atomic mass is 16.4. The maximum absolute atomic E-state index is 11.1. The monoisotopic (exact) mass is 410 g/mol. The van der Waals surface area contributed by atoms with E-state index in [0.717, 1.165) is 32.1 Å². The third kappa shape index (κ3) is 19.9. The first kappa shape index (κ1) is 27.9. The molecule has 0 aromatic heterocycles. The minimum Gasteiger partial charge on any atom is -0.481 e. The molecule has 0 spiro atoms. The number of allylic oxidation sites excluding steroid dienone is 4. The highest BCUT2D eigenvalue weighted by Crippen LogP contribution is 2.23. The molecule has 0 aliphatic rings. The van der Waals surface area contributed by atoms with Gasteiger partial charge in [-0.1, -0.05) is 76.2 Å². The van der Waals surface area contributed by atoms with Crippen molar-refractivity contribution < 1.29 is 19.5 Å². The zero-order valence-electron chi connectivity index (χ0n) is 19.7. The van der Waals surface area contributed by atoms with Crippen LogP contribution in [0.25, 0.3) is 0 Å². The molecule has 1 atom stereocenters. The summed E-state index contributed by atoms with van der Waals surface area (Å²) >= 11 is 0. The van der Waals surface area contributed by atoms with Gasteiger partial charge < -0.3 is 14.7 Å². The first-order valence-electron chi connectivity index (χ1n) is 11.7. The molecule has 0 bridgehead atoms. The summed E-state index contributed by atoms with van der Waals surface area (Å²) in [4.78, 5) is 11.1. The molecule has 4 heteroatoms. The molecule has 0 saturated heterocycles. The second-order valence-electron chi connectivity index (χ2n) is 9.58. The van der Waals surface area contributed by atoms with Crippen LogP contribution in [0.1, 0.15) is 96.8 Å². The van der Waals surface area contributed by atoms with Crippen molar-refractivity contribution in [1.82, 2.24) is 0 Å². The average molecular weight is 411 g/mol. The Bertz CT molecular complexity index is 465. The summed E-state index contributed by atoms with van der Waals surface area (Å²) in [5.74, 6) is -0.916. The second-order valence-corrected chi connectivity index (χ2v) is 9.58. The van der Waals surface area contributed by atoms with Crippen molar-refractivity contribution in [2.75, 3.05) is 27.7 Å². The maximum Gasteiger partial charge on any atom is 0.306 e. The van der Waals surface area contributed by atoms with Crippen molar-refractivity contribution in [2.24, 2.45) is 0 Å². The Morgan fingerprint density at radius 3 is 1.86 bits per heavy atom. The van der Waals surface area contributed by atoms with Crippen molar-refractivity contribution in [2.45, 2.75) is 102 Å². The van der Waals surface area contributed by atoms with Crippen molar-refractivity contribution in [1.29, 1.82) is 0 Å². The number of nitrogens with zero attached hydrogens (tertiary/aromatic N) is 1. The van der Waals surface area contributed by atoms with Gasteiger partial charge in [0, 0.05) is 0 Å². The van der Waals surface area contributed by atoms with Crippen LogP contribution in [0.4, 0.5) is 0 Å². The Labute approximate surface area is 180 Å². The summed E-state index contributed by atoms with van der Waals surface area (Å²) in [5.41, 5.74) is -1.10. The van der Waals surface area contributed by atoms with Gasteiger partial charge >= 0.3 is 5.97 Å². The molecular formula is C25H48NO3+. The van der Waals surface area contributed by atoms with Gasteiger partial charge in [0.25, 0.3) is 0 Å². The standard InChI is InChI=1S/C25H47NO3/c1-5-6-7-8-9-10-11-12-13-14-15-16-17-18-19-20-21-25(29,22-24(27)28)23-26(2,3)4/h9-10,12-13,29H,5-8,11,14-23H2,1-4H3/p+1/b10-9-,13-12-/t25-/m1/s1. The van der Waals surface area contributed by atoms with Gasteiger partial charge in [-0.15, -0.1) is 0 Å². The zero-order chi connectivity index (χ0) is 22.0. The fourth-order valence-electron chi connectivity index (χ4n) is 3.83. The number of rotatable bonds is 19. The normalized spacial score (nSPS) is 14.7. The summed E-state index contributed by atoms with van der Waals surface area (Å²) in [5, 5.41) is 19.8. The van der Waals surface area contributed by atoms with E-state index < -0.39 is 11.6 Å². The minimum absolute atomic E-state index is 0.164. The van der Waals surface area contributed by atoms with Crippen LogP contribution in [0.15, 0.2) is 24.3 Å². The van der Waals surface area contributed by atoms with Crippen LogP contribution in [0, 0.1) is 0 Å². The van der Waals surface area contributed by atoms with E-state index >= 15 is 0 Å². The quantitative estimate of drug-likeness (QED) is 0.154. The van der Waals surface area contributed by atoms with Gasteiger partial charge in [-0.05, 0) is 38.5 Å². The van der Waals surface area contributed by atoms with Gasteiger partial charge in [-0.2, -0.15) is 0 Å². The van der Waals surface area contributed by atoms with Crippen LogP contribution >= 0.6 is 0 Å². The van der Waals surface area contributed by atoms with Crippen molar-refractivity contribution in [3.63, 3.8) is 0 Å². The summed E-state index contributed by atoms with van der Waals surface area (Å²) in [6.07, 6.45) is 23.7. The van der Waals surface area contributed by atoms with Crippen molar-refractivity contribution in [3.8, 4) is 0 Å². The van der Waals surface area contributed by atoms with Crippen molar-refractivity contribution in [3.05, 3.63) is 24.3 Å². The van der Waals surface area contributed by atoms with Gasteiger partial charge in [0.15, 0.2) is 0 Å². The average Bonchev–Trinajstić information content (AvgIpc) is 2.59. The molecule has 0 saturated carbocycles. The molecule has 29 heavy (non-hydrogen) atoms. The number of carboxylic acids is 1. The van der Waals surface area contributed by atoms with Crippen molar-refractivity contribution >= 4 is 5.97 Å². The van der Waals surface area contributed by atoms with E-state index in [4.69, 9.17) is 5.11 Å². The topological polar surface area (TPSA) is 57.5 Å². The van der Waals surface area contributed by atoms with E-state index in [1.807, 2.05) is 21.1 Å². The van der Waals surface area contributed by atoms with Gasteiger partial charge in [0.2, 0.25) is 0 Å². The zero-order valence-corrected chi connectivity index (χ0v) is 19.7. The lowest BCUT2D eigenvalue weighted by atomic mass is 9.91. The number of carboxylic acid groups (broad SMARTS) is 1. The summed E-state index contributed by atoms with van der Waals surface area (Å²) in [7, 11) is 5.97. The molecule has 0 aromatic rings. The van der Waals surface area contributed by atoms with Crippen LogP contribution < -0.4 is 0 Å². The molecule has 0 aliphatic carbocycles. The van der Waals surface area contributed by atoms with E-state index in [1.54, 1.807) is 0 Å². The SMILES string of the molecule is CCCCC/C=C\C/C=C\CCCCCCCC[C@@](O)(CC(=O)O)C[N+](C)(C)C. The number of hydrogen-bond donors (Lipinski definition) is 2. The van der Waals surface area contributed by atoms with Gasteiger partial charge in [0.05, 0.1) is 27.6 Å². The fraction of sp³-hybridized carbons (Fsp3) is 0.800. The Balaban J connectivity index is 3.72. The van der Waals surface area contributed by atoms with Gasteiger partial charge in [-0.25, -0.2) is 0 Å². The number of aliphatic hydroxyl groups is 1. The lowest BCUT2D eigenvalue weighted by Gasteiger charge is -2.34. The van der Waals surface area contributed by atoms with Crippen LogP contribution in [0.2, 0.25) is 0 Å². The third-order valence-electron chi connectivity index (χ3n) is 5.09. The highest BCUT2D eigenvalue weighted by molar-refractivity contribution is 5.68. The molecule has 0 unspecified atom stereocenters. The molecule has 0 radical (unpaired) electrons. The molecule has 0 heterocycles. The number of likely N-dealkylation sites (N-methyl/N-ethyl adjacent to an activating group) is 1. The summed E-state index contributed by atoms with van der Waals surface area (Å²) in [6.45, 7) is 2.71. The predicted octanol–water partition coefficient (Wildman–Crippen LogP) is 6.10. The van der Waals surface area contributed by atoms with E-state index in [1.165, 1.54) is 44.9 Å². The maximum atomic E-state index is 11.1. The molecule has 0 amide bonds. The van der Waals surface area contributed by atoms with E-state index in [2.05, 4.69) is 31.2 Å². The molecule has 0 aromatic carbocycles. The fourth-order valence-corrected chi connectivity index (χ4v) is 3.83. The molecule has 0 fully saturated rings. The van der Waals surface area contributed by atoms with Crippen LogP contribution in [0.3, 0.4) is 0 Å². The first-order valence-corrected chi connectivity index (χ1v) is 11.7. The second kappa shape index (κ2) is 16.6. The number of carbonyl (C=O) groups is 1. The van der Waals surface area contributed by atoms with E-state index in [-0.39, 0.29) is 6.42 Å². The molecule has 2 N–H and O–H groups in total. The smallest absolute Gasteiger partial charge is 0.306 e. The predicted molar refractivity (Wildman–Crippen MR) is 124 cm³/mol. The summed E-state index contributed by atoms with van der Waals surface area (Å²) < 4.78 is 0.575. The number of unbranched alkanes of at least 4 members (excludes halogenated alkanes) is 9. The lowest BCUT2D eigenvalue weighted by Crippen LogP contribution is -2.50. The van der Waals surface area contributed by atoms with Crippen LogP contribution in [-0.4, -0.2) is 54.0 Å². The van der Waals surface area contributed by atoms with E-state index in [0.29, 0.717) is 17.4 Å². The van der Waals surface area contributed by atoms with Crippen LogP contribution in [0.5, 0.6) is 0 Å². The minimum atomic E-state index is -1.10. The Hall–Kier alpha value is -1.13. The Kier molecular flexibility index (Phi) is 16.0. The lowest BCUT2D eigenvalue weighted by molar-refractivity contribution is -0.877. The van der Waals surface area contributed by atoms with E-state index in [9.17, 15) is 9.90 Å². The number of aliphatic carboxylic acids is 1. The summed E-state index contributed by atoms with van der Waals surface area (Å²) in [6, 6.07) is 0. The molecule has 170 valence electrons. The molecule has 0 aliphatic heterocycles. The number of hydrogen-bond acceptors (Lipinski definition) is 2. The number of quaternary nitrogens is 1.